The molecule has 168 valence electrons. The molecule has 0 unspecified atom stereocenters. The Morgan fingerprint density at radius 2 is 1.65 bits per heavy atom. The van der Waals surface area contributed by atoms with Crippen molar-refractivity contribution in [1.82, 2.24) is 29.5 Å². The Hall–Kier alpha value is -4.24. The molecule has 1 fully saturated rings. The molecule has 9 heteroatoms. The predicted octanol–water partition coefficient (Wildman–Crippen LogP) is 3.89. The van der Waals surface area contributed by atoms with E-state index in [1.807, 2.05) is 34.8 Å². The van der Waals surface area contributed by atoms with E-state index in [0.717, 1.165) is 30.2 Å². The summed E-state index contributed by atoms with van der Waals surface area (Å²) < 4.78 is 21.2. The van der Waals surface area contributed by atoms with Gasteiger partial charge in [0.1, 0.15) is 11.6 Å². The van der Waals surface area contributed by atoms with Gasteiger partial charge in [0, 0.05) is 54.9 Å². The topological polar surface area (TPSA) is 81.3 Å². The number of hydrogen-bond acceptors (Lipinski definition) is 7. The van der Waals surface area contributed by atoms with Crippen LogP contribution in [0.15, 0.2) is 73.2 Å². The monoisotopic (exact) mass is 453 g/mol. The van der Waals surface area contributed by atoms with Gasteiger partial charge < -0.3 is 9.64 Å². The van der Waals surface area contributed by atoms with E-state index in [9.17, 15) is 4.39 Å². The molecule has 0 radical (unpaired) electrons. The lowest BCUT2D eigenvalue weighted by Crippen LogP contribution is -2.37. The number of fused-ring (bicyclic) bond motifs is 1. The van der Waals surface area contributed by atoms with Crippen molar-refractivity contribution in [1.29, 1.82) is 0 Å². The second-order valence-corrected chi connectivity index (χ2v) is 7.91. The van der Waals surface area contributed by atoms with E-state index >= 15 is 0 Å². The first-order valence-corrected chi connectivity index (χ1v) is 11.0. The highest BCUT2D eigenvalue weighted by molar-refractivity contribution is 5.70. The Morgan fingerprint density at radius 1 is 0.794 bits per heavy atom. The minimum Gasteiger partial charge on any atom is -0.378 e. The normalized spacial score (nSPS) is 14.0. The lowest BCUT2D eigenvalue weighted by atomic mass is 10.2. The Labute approximate surface area is 194 Å². The zero-order valence-corrected chi connectivity index (χ0v) is 18.2. The van der Waals surface area contributed by atoms with Gasteiger partial charge >= 0.3 is 0 Å². The van der Waals surface area contributed by atoms with Crippen molar-refractivity contribution in [3.05, 3.63) is 79.0 Å². The number of anilines is 1. The van der Waals surface area contributed by atoms with Crippen molar-refractivity contribution in [3.8, 4) is 34.0 Å². The highest BCUT2D eigenvalue weighted by Gasteiger charge is 2.19. The van der Waals surface area contributed by atoms with E-state index in [4.69, 9.17) is 19.8 Å². The van der Waals surface area contributed by atoms with Crippen molar-refractivity contribution in [2.24, 2.45) is 0 Å². The molecule has 5 aromatic rings. The molecule has 8 nitrogen and oxygen atoms in total. The van der Waals surface area contributed by atoms with Crippen LogP contribution in [-0.4, -0.2) is 55.9 Å². The van der Waals surface area contributed by atoms with Gasteiger partial charge in [-0.05, 0) is 30.3 Å². The maximum absolute atomic E-state index is 13.8. The molecular weight excluding hydrogens is 433 g/mol. The number of morpholine rings is 1. The fraction of sp³-hybridized carbons (Fsp3) is 0.160. The molecule has 4 aromatic heterocycles. The highest BCUT2D eigenvalue weighted by atomic mass is 19.1. The third kappa shape index (κ3) is 3.86. The second kappa shape index (κ2) is 8.60. The summed E-state index contributed by atoms with van der Waals surface area (Å²) in [6.07, 6.45) is 5.16. The van der Waals surface area contributed by atoms with Gasteiger partial charge in [-0.3, -0.25) is 4.98 Å². The van der Waals surface area contributed by atoms with E-state index < -0.39 is 0 Å². The average Bonchev–Trinajstić information content (AvgIpc) is 3.34. The van der Waals surface area contributed by atoms with E-state index in [2.05, 4.69) is 14.9 Å². The van der Waals surface area contributed by atoms with E-state index in [1.165, 1.54) is 12.1 Å². The smallest absolute Gasteiger partial charge is 0.159 e. The van der Waals surface area contributed by atoms with Gasteiger partial charge in [0.05, 0.1) is 30.3 Å². The summed E-state index contributed by atoms with van der Waals surface area (Å²) in [5.41, 5.74) is 4.43. The molecule has 0 saturated carbocycles. The number of aromatic nitrogens is 6. The first-order chi connectivity index (χ1) is 16.7. The first kappa shape index (κ1) is 20.4. The summed E-state index contributed by atoms with van der Waals surface area (Å²) in [4.78, 5) is 20.2. The summed E-state index contributed by atoms with van der Waals surface area (Å²) in [7, 11) is 0. The van der Waals surface area contributed by atoms with Crippen LogP contribution in [0.1, 0.15) is 0 Å². The maximum Gasteiger partial charge on any atom is 0.159 e. The van der Waals surface area contributed by atoms with E-state index in [0.29, 0.717) is 41.6 Å². The zero-order chi connectivity index (χ0) is 22.9. The van der Waals surface area contributed by atoms with Gasteiger partial charge in [-0.25, -0.2) is 19.3 Å². The van der Waals surface area contributed by atoms with Crippen LogP contribution in [0, 0.1) is 5.82 Å². The van der Waals surface area contributed by atoms with Crippen molar-refractivity contribution in [2.45, 2.75) is 0 Å². The van der Waals surface area contributed by atoms with Crippen molar-refractivity contribution >= 4 is 11.5 Å². The molecule has 0 N–H and O–H groups in total. The molecule has 0 spiro atoms. The van der Waals surface area contributed by atoms with Crippen LogP contribution in [-0.2, 0) is 4.74 Å². The molecule has 1 aliphatic heterocycles. The Bertz CT molecular complexity index is 1470. The average molecular weight is 453 g/mol. The van der Waals surface area contributed by atoms with E-state index in [-0.39, 0.29) is 5.82 Å². The van der Waals surface area contributed by atoms with E-state index in [1.54, 1.807) is 30.7 Å². The number of rotatable bonds is 4. The summed E-state index contributed by atoms with van der Waals surface area (Å²) in [5.74, 6) is 1.02. The number of nitrogens with zero attached hydrogens (tertiary/aromatic N) is 7. The quantitative estimate of drug-likeness (QED) is 0.408. The molecular formula is C25H20FN7O. The zero-order valence-electron chi connectivity index (χ0n) is 18.2. The molecule has 1 aliphatic rings. The van der Waals surface area contributed by atoms with Gasteiger partial charge in [0.25, 0.3) is 0 Å². The number of pyridine rings is 1. The van der Waals surface area contributed by atoms with Gasteiger partial charge in [0.15, 0.2) is 11.5 Å². The molecule has 1 saturated heterocycles. The molecule has 0 aliphatic carbocycles. The van der Waals surface area contributed by atoms with Gasteiger partial charge in [-0.15, -0.1) is 0 Å². The van der Waals surface area contributed by atoms with Crippen LogP contribution in [0.4, 0.5) is 10.2 Å². The predicted molar refractivity (Wildman–Crippen MR) is 126 cm³/mol. The molecule has 0 bridgehead atoms. The summed E-state index contributed by atoms with van der Waals surface area (Å²) in [6.45, 7) is 2.80. The van der Waals surface area contributed by atoms with Crippen LogP contribution >= 0.6 is 0 Å². The molecule has 1 aromatic carbocycles. The molecule has 5 heterocycles. The van der Waals surface area contributed by atoms with Crippen LogP contribution in [0.2, 0.25) is 0 Å². The lowest BCUT2D eigenvalue weighted by Gasteiger charge is -2.29. The fourth-order valence-corrected chi connectivity index (χ4v) is 4.04. The Balaban J connectivity index is 1.49. The number of hydrogen-bond donors (Lipinski definition) is 0. The van der Waals surface area contributed by atoms with Crippen LogP contribution in [0.25, 0.3) is 39.7 Å². The van der Waals surface area contributed by atoms with Gasteiger partial charge in [-0.1, -0.05) is 12.1 Å². The third-order valence-electron chi connectivity index (χ3n) is 5.72. The molecule has 0 amide bonds. The van der Waals surface area contributed by atoms with Crippen LogP contribution < -0.4 is 4.90 Å². The standard InChI is InChI=1S/C25H20FN7O/c26-19-3-1-2-18(14-19)25-28-9-6-20(30-25)22-16-24(32-10-12-34-13-11-32)33-23(29-22)15-21(31-33)17-4-7-27-8-5-17/h1-9,14-16H,10-13H2. The Kier molecular flexibility index (Phi) is 5.15. The largest absolute Gasteiger partial charge is 0.378 e. The summed E-state index contributed by atoms with van der Waals surface area (Å²) in [5, 5.41) is 4.84. The third-order valence-corrected chi connectivity index (χ3v) is 5.72. The Morgan fingerprint density at radius 3 is 2.47 bits per heavy atom. The van der Waals surface area contributed by atoms with Gasteiger partial charge in [0.2, 0.25) is 0 Å². The van der Waals surface area contributed by atoms with Crippen molar-refractivity contribution in [3.63, 3.8) is 0 Å². The van der Waals surface area contributed by atoms with Gasteiger partial charge in [-0.2, -0.15) is 9.61 Å². The summed E-state index contributed by atoms with van der Waals surface area (Å²) >= 11 is 0. The summed E-state index contributed by atoms with van der Waals surface area (Å²) in [6, 6.07) is 15.9. The lowest BCUT2D eigenvalue weighted by molar-refractivity contribution is 0.122. The maximum atomic E-state index is 13.8. The van der Waals surface area contributed by atoms with Crippen LogP contribution in [0.5, 0.6) is 0 Å². The minimum atomic E-state index is -0.330. The number of ether oxygens (including phenoxy) is 1. The molecule has 0 atom stereocenters. The molecule has 34 heavy (non-hydrogen) atoms. The van der Waals surface area contributed by atoms with Crippen LogP contribution in [0.3, 0.4) is 0 Å². The minimum absolute atomic E-state index is 0.330. The molecule has 6 rings (SSSR count). The first-order valence-electron chi connectivity index (χ1n) is 11.0. The van der Waals surface area contributed by atoms with Crippen molar-refractivity contribution in [2.75, 3.05) is 31.2 Å². The number of halogens is 1. The van der Waals surface area contributed by atoms with Crippen molar-refractivity contribution < 1.29 is 9.13 Å². The number of benzene rings is 1. The second-order valence-electron chi connectivity index (χ2n) is 7.91. The highest BCUT2D eigenvalue weighted by Crippen LogP contribution is 2.28. The fourth-order valence-electron chi connectivity index (χ4n) is 4.04. The SMILES string of the molecule is Fc1cccc(-c2nccc(-c3cc(N4CCOCC4)n4nc(-c5ccncc5)cc4n3)n2)c1.